The highest BCUT2D eigenvalue weighted by molar-refractivity contribution is 6.06. The van der Waals surface area contributed by atoms with Crippen molar-refractivity contribution in [1.29, 1.82) is 0 Å². The van der Waals surface area contributed by atoms with Gasteiger partial charge >= 0.3 is 0 Å². The molecule has 6 heterocycles. The predicted molar refractivity (Wildman–Crippen MR) is 206 cm³/mol. The molecule has 2 aromatic carbocycles. The topological polar surface area (TPSA) is 265 Å². The number of imidazole rings is 2. The van der Waals surface area contributed by atoms with Gasteiger partial charge in [0.15, 0.2) is 0 Å². The Morgan fingerprint density at radius 1 is 0.895 bits per heavy atom. The summed E-state index contributed by atoms with van der Waals surface area (Å²) in [6.45, 7) is 6.30. The van der Waals surface area contributed by atoms with E-state index in [-0.39, 0.29) is 66.4 Å². The molecule has 6 aromatic rings. The van der Waals surface area contributed by atoms with Crippen molar-refractivity contribution in [3.05, 3.63) is 75.9 Å². The Balaban J connectivity index is 1.24. The van der Waals surface area contributed by atoms with Gasteiger partial charge in [0, 0.05) is 42.7 Å². The van der Waals surface area contributed by atoms with E-state index in [0.29, 0.717) is 70.7 Å². The lowest BCUT2D eigenvalue weighted by Crippen LogP contribution is -2.31. The Morgan fingerprint density at radius 2 is 1.63 bits per heavy atom. The number of ether oxygens (including phenoxy) is 1. The third-order valence-electron chi connectivity index (χ3n) is 10.6. The zero-order valence-corrected chi connectivity index (χ0v) is 31.5. The number of nitrogens with zero attached hydrogens (tertiary/aromatic N) is 8. The first kappa shape index (κ1) is 37.3. The normalized spacial score (nSPS) is 19.1. The zero-order chi connectivity index (χ0) is 40.3. The van der Waals surface area contributed by atoms with E-state index in [2.05, 4.69) is 25.8 Å². The lowest BCUT2D eigenvalue weighted by Gasteiger charge is -2.27. The molecule has 57 heavy (non-hydrogen) atoms. The average Bonchev–Trinajstić information content (AvgIpc) is 3.92. The molecule has 0 bridgehead atoms. The minimum absolute atomic E-state index is 0.0303. The number of hydrogen-bond donors (Lipinski definition) is 6. The fourth-order valence-corrected chi connectivity index (χ4v) is 7.82. The van der Waals surface area contributed by atoms with Crippen LogP contribution in [0.15, 0.2) is 36.4 Å². The van der Waals surface area contributed by atoms with Gasteiger partial charge < -0.3 is 35.6 Å². The number of aliphatic hydroxyl groups is 2. The lowest BCUT2D eigenvalue weighted by atomic mass is 9.99. The summed E-state index contributed by atoms with van der Waals surface area (Å²) in [6, 6.07) is 9.25. The van der Waals surface area contributed by atoms with Gasteiger partial charge in [-0.2, -0.15) is 10.2 Å². The second kappa shape index (κ2) is 14.5. The van der Waals surface area contributed by atoms with E-state index >= 15 is 0 Å². The van der Waals surface area contributed by atoms with Crippen molar-refractivity contribution in [2.75, 3.05) is 17.2 Å². The molecule has 2 unspecified atom stereocenters. The molecular formula is C38H42N12O7. The van der Waals surface area contributed by atoms with Crippen LogP contribution in [0, 0.1) is 13.8 Å². The number of benzene rings is 2. The fraction of sp³-hybridized carbons (Fsp3) is 0.368. The largest absolute Gasteiger partial charge is 0.489 e. The highest BCUT2D eigenvalue weighted by atomic mass is 16.5. The third kappa shape index (κ3) is 6.73. The lowest BCUT2D eigenvalue weighted by molar-refractivity contribution is 0.0120. The summed E-state index contributed by atoms with van der Waals surface area (Å²) in [5.74, 6) is -1.50. The van der Waals surface area contributed by atoms with Crippen LogP contribution in [0.1, 0.15) is 90.9 Å². The van der Waals surface area contributed by atoms with E-state index in [1.165, 1.54) is 4.68 Å². The van der Waals surface area contributed by atoms with Crippen LogP contribution in [0.5, 0.6) is 5.75 Å². The van der Waals surface area contributed by atoms with Crippen molar-refractivity contribution in [1.82, 2.24) is 38.7 Å². The molecule has 3 atom stereocenters. The first-order valence-electron chi connectivity index (χ1n) is 18.7. The SMILES string of the molecule is CCn1nc(C)c2c1C(=O)Nc1nc3cc(C(N)=O)cc4c3n1[C@@H](CCCn1c(nc3cc(C(N)=O)ccc31)NC(=O)c1cc(C)nn1CCC(O)C(O)C2)CO4. The van der Waals surface area contributed by atoms with E-state index < -0.39 is 35.8 Å². The Hall–Kier alpha value is -6.60. The summed E-state index contributed by atoms with van der Waals surface area (Å²) in [4.78, 5) is 62.0. The first-order chi connectivity index (χ1) is 27.3. The van der Waals surface area contributed by atoms with Crippen LogP contribution in [-0.4, -0.2) is 91.3 Å². The van der Waals surface area contributed by atoms with Gasteiger partial charge in [-0.15, -0.1) is 0 Å². The summed E-state index contributed by atoms with van der Waals surface area (Å²) in [6.07, 6.45) is -1.59. The quantitative estimate of drug-likeness (QED) is 0.152. The van der Waals surface area contributed by atoms with Crippen molar-refractivity contribution >= 4 is 57.6 Å². The van der Waals surface area contributed by atoms with Gasteiger partial charge in [0.1, 0.15) is 29.3 Å². The summed E-state index contributed by atoms with van der Waals surface area (Å²) < 4.78 is 12.9. The Morgan fingerprint density at radius 3 is 2.39 bits per heavy atom. The molecule has 8 N–H and O–H groups in total. The Bertz CT molecular complexity index is 2620. The van der Waals surface area contributed by atoms with Crippen molar-refractivity contribution in [2.24, 2.45) is 11.5 Å². The summed E-state index contributed by atoms with van der Waals surface area (Å²) in [7, 11) is 0. The highest BCUT2D eigenvalue weighted by Gasteiger charge is 2.32. The summed E-state index contributed by atoms with van der Waals surface area (Å²) in [5, 5.41) is 37.5. The van der Waals surface area contributed by atoms with Crippen LogP contribution in [0.3, 0.4) is 0 Å². The number of aromatic nitrogens is 8. The van der Waals surface area contributed by atoms with Crippen molar-refractivity contribution in [3.63, 3.8) is 0 Å². The molecule has 0 spiro atoms. The van der Waals surface area contributed by atoms with Gasteiger partial charge in [0.05, 0.1) is 46.2 Å². The zero-order valence-electron chi connectivity index (χ0n) is 31.5. The van der Waals surface area contributed by atoms with Gasteiger partial charge in [-0.3, -0.25) is 39.2 Å². The monoisotopic (exact) mass is 778 g/mol. The van der Waals surface area contributed by atoms with Crippen molar-refractivity contribution in [2.45, 2.75) is 84.3 Å². The van der Waals surface area contributed by atoms with Gasteiger partial charge in [-0.05, 0) is 76.4 Å². The van der Waals surface area contributed by atoms with Gasteiger partial charge in [-0.25, -0.2) is 9.97 Å². The fourth-order valence-electron chi connectivity index (χ4n) is 7.82. The van der Waals surface area contributed by atoms with Crippen LogP contribution < -0.4 is 26.8 Å². The molecule has 19 heteroatoms. The number of amides is 4. The second-order valence-corrected chi connectivity index (χ2v) is 14.4. The second-order valence-electron chi connectivity index (χ2n) is 14.4. The Kier molecular flexibility index (Phi) is 9.48. The molecule has 19 nitrogen and oxygen atoms in total. The van der Waals surface area contributed by atoms with E-state index in [1.807, 2.05) is 16.1 Å². The summed E-state index contributed by atoms with van der Waals surface area (Å²) >= 11 is 0. The van der Waals surface area contributed by atoms with Crippen LogP contribution >= 0.6 is 0 Å². The number of aryl methyl sites for hydroxylation is 5. The van der Waals surface area contributed by atoms with E-state index in [0.717, 1.165) is 0 Å². The van der Waals surface area contributed by atoms with Crippen LogP contribution in [-0.2, 0) is 26.1 Å². The molecule has 2 aliphatic heterocycles. The third-order valence-corrected chi connectivity index (χ3v) is 10.6. The van der Waals surface area contributed by atoms with Crippen LogP contribution in [0.25, 0.3) is 22.1 Å². The minimum Gasteiger partial charge on any atom is -0.489 e. The van der Waals surface area contributed by atoms with Crippen LogP contribution in [0.4, 0.5) is 11.9 Å². The maximum absolute atomic E-state index is 14.3. The standard InChI is InChI=1S/C38H42N12O7/c1-4-48-31-23(19(3)46-48)16-29(52)28(51)9-11-49-27(12-18(2)45-49)35(55)43-37-41-24-13-20(33(39)53)7-8-26(24)47(37)10-5-6-22-17-57-30-15-21(34(40)54)14-25-32(30)50(22)38(42-25)44-36(31)56/h7-8,12-15,22,28-29,51-52H,4-6,9-11,16-17H2,1-3H3,(H2,39,53)(H2,40,54)(H,41,43,55)(H,42,44,56)/t22-,28?,29?/m0/s1. The van der Waals surface area contributed by atoms with E-state index in [1.54, 1.807) is 54.9 Å². The first-order valence-corrected chi connectivity index (χ1v) is 18.7. The molecule has 0 radical (unpaired) electrons. The van der Waals surface area contributed by atoms with E-state index in [9.17, 15) is 29.4 Å². The number of anilines is 2. The number of fused-ring (bicyclic) bond motifs is 5. The smallest absolute Gasteiger partial charge is 0.276 e. The molecule has 4 aromatic heterocycles. The number of primary amides is 2. The molecule has 8 rings (SSSR count). The minimum atomic E-state index is -1.30. The maximum atomic E-state index is 14.3. The predicted octanol–water partition coefficient (Wildman–Crippen LogP) is 2.20. The molecular weight excluding hydrogens is 736 g/mol. The van der Waals surface area contributed by atoms with Crippen LogP contribution in [0.2, 0.25) is 0 Å². The number of carbonyl (C=O) groups is 4. The van der Waals surface area contributed by atoms with Gasteiger partial charge in [0.25, 0.3) is 11.8 Å². The van der Waals surface area contributed by atoms with Crippen molar-refractivity contribution in [3.8, 4) is 5.75 Å². The Labute approximate surface area is 324 Å². The molecule has 0 fully saturated rings. The maximum Gasteiger partial charge on any atom is 0.276 e. The number of aliphatic hydroxyl groups excluding tert-OH is 2. The number of nitrogens with one attached hydrogen (secondary N) is 2. The average molecular weight is 779 g/mol. The number of rotatable bonds is 3. The van der Waals surface area contributed by atoms with Gasteiger partial charge in [-0.1, -0.05) is 0 Å². The van der Waals surface area contributed by atoms with E-state index in [4.69, 9.17) is 21.2 Å². The highest BCUT2D eigenvalue weighted by Crippen LogP contribution is 2.39. The number of nitrogens with two attached hydrogens (primary N) is 2. The van der Waals surface area contributed by atoms with Gasteiger partial charge in [0.2, 0.25) is 23.7 Å². The molecule has 4 amide bonds. The molecule has 0 saturated heterocycles. The number of carbonyl (C=O) groups excluding carboxylic acids is 4. The molecule has 0 saturated carbocycles. The van der Waals surface area contributed by atoms with Crippen molar-refractivity contribution < 1.29 is 34.1 Å². The molecule has 296 valence electrons. The molecule has 2 aliphatic rings. The molecule has 0 aliphatic carbocycles. The number of hydrogen-bond acceptors (Lipinski definition) is 11. The summed E-state index contributed by atoms with van der Waals surface area (Å²) in [5.41, 5.74) is 15.7.